The van der Waals surface area contributed by atoms with E-state index >= 15 is 0 Å². The number of aromatic hydroxyl groups is 1. The zero-order chi connectivity index (χ0) is 16.6. The molecule has 8 heteroatoms. The number of hydrogen-bond acceptors (Lipinski definition) is 4. The Kier molecular flexibility index (Phi) is 3.61. The second kappa shape index (κ2) is 5.47. The fourth-order valence-corrected chi connectivity index (χ4v) is 3.35. The maximum atomic E-state index is 13.3. The van der Waals surface area contributed by atoms with Crippen molar-refractivity contribution in [2.24, 2.45) is 0 Å². The van der Waals surface area contributed by atoms with Crippen LogP contribution in [0.5, 0.6) is 5.75 Å². The molecule has 0 fully saturated rings. The molecule has 118 valence electrons. The van der Waals surface area contributed by atoms with Gasteiger partial charge >= 0.3 is 0 Å². The first-order valence-corrected chi connectivity index (χ1v) is 7.91. The first-order valence-electron chi connectivity index (χ1n) is 6.43. The largest absolute Gasteiger partial charge is 0.503 e. The van der Waals surface area contributed by atoms with E-state index in [1.54, 1.807) is 18.2 Å². The van der Waals surface area contributed by atoms with Crippen LogP contribution < -0.4 is 4.72 Å². The van der Waals surface area contributed by atoms with Crippen LogP contribution in [0, 0.1) is 11.6 Å². The third-order valence-electron chi connectivity index (χ3n) is 3.15. The number of phenolic OH excluding ortho intramolecular Hbond substituents is 1. The van der Waals surface area contributed by atoms with Crippen molar-refractivity contribution in [1.82, 2.24) is 4.98 Å². The summed E-state index contributed by atoms with van der Waals surface area (Å²) >= 11 is 0. The fourth-order valence-electron chi connectivity index (χ4n) is 2.13. The molecule has 0 atom stereocenters. The summed E-state index contributed by atoms with van der Waals surface area (Å²) < 4.78 is 53.7. The van der Waals surface area contributed by atoms with Crippen LogP contribution >= 0.6 is 0 Å². The van der Waals surface area contributed by atoms with E-state index in [4.69, 9.17) is 5.11 Å². The summed E-state index contributed by atoms with van der Waals surface area (Å²) in [6.07, 6.45) is 1.45. The fraction of sp³-hybridized carbons (Fsp3) is 0. The highest BCUT2D eigenvalue weighted by molar-refractivity contribution is 7.93. The number of benzene rings is 2. The minimum atomic E-state index is -4.11. The van der Waals surface area contributed by atoms with Crippen molar-refractivity contribution >= 4 is 26.6 Å². The number of pyridine rings is 1. The number of phenols is 1. The summed E-state index contributed by atoms with van der Waals surface area (Å²) in [6, 6.07) is 9.31. The molecule has 23 heavy (non-hydrogen) atoms. The van der Waals surface area contributed by atoms with Gasteiger partial charge in [0, 0.05) is 23.7 Å². The Bertz CT molecular complexity index is 978. The SMILES string of the molecule is O=S(=O)(Nc1cc(F)c(O)c(F)c1)c1cccc2cccnc12. The molecule has 2 aromatic carbocycles. The Morgan fingerprint density at radius 2 is 1.70 bits per heavy atom. The van der Waals surface area contributed by atoms with Gasteiger partial charge in [-0.2, -0.15) is 0 Å². The van der Waals surface area contributed by atoms with Crippen LogP contribution in [-0.2, 0) is 10.0 Å². The highest BCUT2D eigenvalue weighted by Crippen LogP contribution is 2.27. The lowest BCUT2D eigenvalue weighted by molar-refractivity contribution is 0.396. The van der Waals surface area contributed by atoms with Crippen molar-refractivity contribution in [3.8, 4) is 5.75 Å². The minimum absolute atomic E-state index is 0.121. The molecule has 0 saturated carbocycles. The van der Waals surface area contributed by atoms with Gasteiger partial charge in [0.2, 0.25) is 0 Å². The Morgan fingerprint density at radius 1 is 1.04 bits per heavy atom. The zero-order valence-electron chi connectivity index (χ0n) is 11.5. The first kappa shape index (κ1) is 15.2. The summed E-state index contributed by atoms with van der Waals surface area (Å²) in [5, 5.41) is 9.66. The molecule has 1 heterocycles. The third-order valence-corrected chi connectivity index (χ3v) is 4.57. The molecule has 1 aromatic heterocycles. The molecule has 0 radical (unpaired) electrons. The average molecular weight is 336 g/mol. The number of hydrogen-bond donors (Lipinski definition) is 2. The van der Waals surface area contributed by atoms with E-state index in [0.29, 0.717) is 17.5 Å². The Hall–Kier alpha value is -2.74. The second-order valence-corrected chi connectivity index (χ2v) is 6.38. The van der Waals surface area contributed by atoms with E-state index in [1.165, 1.54) is 18.3 Å². The number of fused-ring (bicyclic) bond motifs is 1. The molecule has 0 aliphatic heterocycles. The van der Waals surface area contributed by atoms with Crippen LogP contribution in [0.25, 0.3) is 10.9 Å². The van der Waals surface area contributed by atoms with Crippen molar-refractivity contribution < 1.29 is 22.3 Å². The predicted molar refractivity (Wildman–Crippen MR) is 80.6 cm³/mol. The van der Waals surface area contributed by atoms with Crippen LogP contribution in [0.3, 0.4) is 0 Å². The topological polar surface area (TPSA) is 79.3 Å². The van der Waals surface area contributed by atoms with E-state index in [2.05, 4.69) is 9.71 Å². The van der Waals surface area contributed by atoms with Crippen LogP contribution in [0.1, 0.15) is 0 Å². The standard InChI is InChI=1S/C15H10F2N2O3S/c16-11-7-10(8-12(17)15(11)20)19-23(21,22)13-5-1-3-9-4-2-6-18-14(9)13/h1-8,19-20H. The normalized spacial score (nSPS) is 11.6. The highest BCUT2D eigenvalue weighted by Gasteiger charge is 2.20. The van der Waals surface area contributed by atoms with Crippen molar-refractivity contribution in [2.45, 2.75) is 4.90 Å². The molecule has 0 bridgehead atoms. The number of nitrogens with one attached hydrogen (secondary N) is 1. The smallest absolute Gasteiger partial charge is 0.264 e. The van der Waals surface area contributed by atoms with Crippen molar-refractivity contribution in [2.75, 3.05) is 4.72 Å². The third kappa shape index (κ3) is 2.80. The van der Waals surface area contributed by atoms with Crippen LogP contribution in [-0.4, -0.2) is 18.5 Å². The van der Waals surface area contributed by atoms with Crippen molar-refractivity contribution in [3.63, 3.8) is 0 Å². The Labute approximate surface area is 130 Å². The monoisotopic (exact) mass is 336 g/mol. The molecule has 3 aromatic rings. The van der Waals surface area contributed by atoms with Gasteiger partial charge in [0.05, 0.1) is 11.2 Å². The summed E-state index contributed by atoms with van der Waals surface area (Å²) in [6.45, 7) is 0. The van der Waals surface area contributed by atoms with Gasteiger partial charge in [-0.25, -0.2) is 17.2 Å². The molecule has 0 unspecified atom stereocenters. The first-order chi connectivity index (χ1) is 10.9. The molecule has 0 aliphatic carbocycles. The number of nitrogens with zero attached hydrogens (tertiary/aromatic N) is 1. The van der Waals surface area contributed by atoms with Crippen LogP contribution in [0.15, 0.2) is 53.6 Å². The number of anilines is 1. The number of aromatic nitrogens is 1. The lowest BCUT2D eigenvalue weighted by Gasteiger charge is -2.10. The van der Waals surface area contributed by atoms with E-state index in [0.717, 1.165) is 0 Å². The van der Waals surface area contributed by atoms with Crippen LogP contribution in [0.2, 0.25) is 0 Å². The maximum Gasteiger partial charge on any atom is 0.264 e. The molecule has 0 saturated heterocycles. The van der Waals surface area contributed by atoms with Crippen LogP contribution in [0.4, 0.5) is 14.5 Å². The predicted octanol–water partition coefficient (Wildman–Crippen LogP) is 3.02. The van der Waals surface area contributed by atoms with Gasteiger partial charge in [-0.3, -0.25) is 9.71 Å². The molecular weight excluding hydrogens is 326 g/mol. The number of halogens is 2. The zero-order valence-corrected chi connectivity index (χ0v) is 12.3. The second-order valence-electron chi connectivity index (χ2n) is 4.73. The number of sulfonamides is 1. The van der Waals surface area contributed by atoms with Gasteiger partial charge in [0.15, 0.2) is 17.4 Å². The number of para-hydroxylation sites is 1. The van der Waals surface area contributed by atoms with Crippen molar-refractivity contribution in [3.05, 3.63) is 60.3 Å². The average Bonchev–Trinajstić information content (AvgIpc) is 2.51. The molecule has 0 aliphatic rings. The highest BCUT2D eigenvalue weighted by atomic mass is 32.2. The summed E-state index contributed by atoms with van der Waals surface area (Å²) in [7, 11) is -4.11. The molecule has 5 nitrogen and oxygen atoms in total. The Morgan fingerprint density at radius 3 is 2.39 bits per heavy atom. The molecule has 0 amide bonds. The van der Waals surface area contributed by atoms with Gasteiger partial charge in [-0.05, 0) is 12.1 Å². The summed E-state index contributed by atoms with van der Waals surface area (Å²) in [5.41, 5.74) is -0.104. The Balaban J connectivity index is 2.08. The van der Waals surface area contributed by atoms with Gasteiger partial charge in [-0.15, -0.1) is 0 Å². The van der Waals surface area contributed by atoms with Gasteiger partial charge in [-0.1, -0.05) is 18.2 Å². The minimum Gasteiger partial charge on any atom is -0.503 e. The maximum absolute atomic E-state index is 13.3. The molecule has 0 spiro atoms. The summed E-state index contributed by atoms with van der Waals surface area (Å²) in [4.78, 5) is 3.91. The molecule has 3 rings (SSSR count). The van der Waals surface area contributed by atoms with E-state index < -0.39 is 27.4 Å². The number of rotatable bonds is 3. The quantitative estimate of drug-likeness (QED) is 0.721. The lowest BCUT2D eigenvalue weighted by Crippen LogP contribution is -2.14. The van der Waals surface area contributed by atoms with Gasteiger partial charge in [0.1, 0.15) is 4.90 Å². The van der Waals surface area contributed by atoms with Gasteiger partial charge < -0.3 is 5.11 Å². The lowest BCUT2D eigenvalue weighted by atomic mass is 10.2. The van der Waals surface area contributed by atoms with Crippen molar-refractivity contribution in [1.29, 1.82) is 0 Å². The van der Waals surface area contributed by atoms with E-state index in [1.807, 2.05) is 0 Å². The summed E-state index contributed by atoms with van der Waals surface area (Å²) in [5.74, 6) is -3.70. The molecule has 2 N–H and O–H groups in total. The molecular formula is C15H10F2N2O3S. The van der Waals surface area contributed by atoms with E-state index in [9.17, 15) is 17.2 Å². The van der Waals surface area contributed by atoms with Gasteiger partial charge in [0.25, 0.3) is 10.0 Å². The van der Waals surface area contributed by atoms with E-state index in [-0.39, 0.29) is 16.1 Å².